The lowest BCUT2D eigenvalue weighted by molar-refractivity contribution is 0.0889. The van der Waals surface area contributed by atoms with Crippen molar-refractivity contribution in [1.29, 1.82) is 5.26 Å². The van der Waals surface area contributed by atoms with E-state index in [1.54, 1.807) is 0 Å². The minimum absolute atomic E-state index is 0.0984. The first-order valence-corrected chi connectivity index (χ1v) is 5.48. The molecule has 1 heterocycles. The molecule has 0 saturated carbocycles. The van der Waals surface area contributed by atoms with E-state index >= 15 is 0 Å². The molecule has 0 aromatic carbocycles. The lowest BCUT2D eigenvalue weighted by atomic mass is 10.2. The third-order valence-corrected chi connectivity index (χ3v) is 2.20. The molecule has 0 radical (unpaired) electrons. The lowest BCUT2D eigenvalue weighted by Crippen LogP contribution is -2.09. The standard InChI is InChI=1S/C11H11ClF2N2O/c1-2-3-6-17-10-8(7-15)4-5-9(16-10)11(12,13)14/h4-5H,2-3,6H2,1H3. The zero-order valence-corrected chi connectivity index (χ0v) is 9.97. The molecule has 0 N–H and O–H groups in total. The van der Waals surface area contributed by atoms with Gasteiger partial charge in [0, 0.05) is 0 Å². The van der Waals surface area contributed by atoms with Crippen LogP contribution in [0.5, 0.6) is 5.88 Å². The van der Waals surface area contributed by atoms with E-state index in [1.165, 1.54) is 6.07 Å². The van der Waals surface area contributed by atoms with Crippen LogP contribution < -0.4 is 4.74 Å². The number of hydrogen-bond donors (Lipinski definition) is 0. The van der Waals surface area contributed by atoms with Gasteiger partial charge in [0.15, 0.2) is 0 Å². The molecule has 0 saturated heterocycles. The van der Waals surface area contributed by atoms with E-state index in [-0.39, 0.29) is 11.4 Å². The molecule has 0 aliphatic rings. The highest BCUT2D eigenvalue weighted by Crippen LogP contribution is 2.32. The van der Waals surface area contributed by atoms with E-state index < -0.39 is 11.1 Å². The van der Waals surface area contributed by atoms with Gasteiger partial charge < -0.3 is 4.74 Å². The zero-order chi connectivity index (χ0) is 12.9. The van der Waals surface area contributed by atoms with Crippen LogP contribution in [0.1, 0.15) is 31.0 Å². The van der Waals surface area contributed by atoms with E-state index in [2.05, 4.69) is 4.98 Å². The Morgan fingerprint density at radius 3 is 2.76 bits per heavy atom. The molecule has 0 aliphatic carbocycles. The molecule has 0 bridgehead atoms. The van der Waals surface area contributed by atoms with Crippen molar-refractivity contribution in [1.82, 2.24) is 4.98 Å². The van der Waals surface area contributed by atoms with Crippen molar-refractivity contribution < 1.29 is 13.5 Å². The molecule has 0 atom stereocenters. The average molecular weight is 261 g/mol. The van der Waals surface area contributed by atoms with Gasteiger partial charge in [0.2, 0.25) is 5.88 Å². The highest BCUT2D eigenvalue weighted by atomic mass is 35.5. The third-order valence-electron chi connectivity index (χ3n) is 2.01. The van der Waals surface area contributed by atoms with Crippen LogP contribution in [0, 0.1) is 11.3 Å². The first-order valence-electron chi connectivity index (χ1n) is 5.10. The van der Waals surface area contributed by atoms with E-state index in [9.17, 15) is 8.78 Å². The van der Waals surface area contributed by atoms with E-state index in [0.717, 1.165) is 18.9 Å². The SMILES string of the molecule is CCCCOc1nc(C(F)(F)Cl)ccc1C#N. The summed E-state index contributed by atoms with van der Waals surface area (Å²) in [5.74, 6) is -0.0984. The Hall–Kier alpha value is -1.41. The van der Waals surface area contributed by atoms with E-state index in [1.807, 2.05) is 13.0 Å². The number of nitrogens with zero attached hydrogens (tertiary/aromatic N) is 2. The fourth-order valence-corrected chi connectivity index (χ4v) is 1.21. The van der Waals surface area contributed by atoms with Crippen molar-refractivity contribution >= 4 is 11.6 Å². The van der Waals surface area contributed by atoms with Gasteiger partial charge in [-0.3, -0.25) is 0 Å². The number of aromatic nitrogens is 1. The molecule has 0 fully saturated rings. The number of rotatable bonds is 5. The Morgan fingerprint density at radius 1 is 1.53 bits per heavy atom. The normalized spacial score (nSPS) is 11.0. The maximum atomic E-state index is 12.8. The van der Waals surface area contributed by atoms with Crippen LogP contribution in [-0.4, -0.2) is 11.6 Å². The Morgan fingerprint density at radius 2 is 2.24 bits per heavy atom. The molecule has 92 valence electrons. The summed E-state index contributed by atoms with van der Waals surface area (Å²) in [7, 11) is 0. The van der Waals surface area contributed by atoms with E-state index in [4.69, 9.17) is 21.6 Å². The summed E-state index contributed by atoms with van der Waals surface area (Å²) in [4.78, 5) is 3.56. The summed E-state index contributed by atoms with van der Waals surface area (Å²) in [6.07, 6.45) is 1.65. The Bertz CT molecular complexity index is 426. The number of unbranched alkanes of at least 4 members (excludes halogenated alkanes) is 1. The van der Waals surface area contributed by atoms with Crippen LogP contribution in [0.15, 0.2) is 12.1 Å². The van der Waals surface area contributed by atoms with Crippen LogP contribution in [0.3, 0.4) is 0 Å². The molecule has 1 aromatic heterocycles. The van der Waals surface area contributed by atoms with Crippen LogP contribution in [0.2, 0.25) is 0 Å². The summed E-state index contributed by atoms with van der Waals surface area (Å²) in [5, 5.41) is 5.22. The first-order chi connectivity index (χ1) is 7.99. The Balaban J connectivity index is 2.96. The van der Waals surface area contributed by atoms with Gasteiger partial charge >= 0.3 is 5.38 Å². The second-order valence-corrected chi connectivity index (χ2v) is 3.84. The van der Waals surface area contributed by atoms with Gasteiger partial charge in [-0.25, -0.2) is 4.98 Å². The van der Waals surface area contributed by atoms with Crippen molar-refractivity contribution in [2.45, 2.75) is 25.1 Å². The quantitative estimate of drug-likeness (QED) is 0.602. The molecular formula is C11H11ClF2N2O. The monoisotopic (exact) mass is 260 g/mol. The molecule has 0 aliphatic heterocycles. The molecule has 0 spiro atoms. The second-order valence-electron chi connectivity index (χ2n) is 3.36. The largest absolute Gasteiger partial charge is 0.477 e. The molecule has 3 nitrogen and oxygen atoms in total. The predicted molar refractivity (Wildman–Crippen MR) is 59.1 cm³/mol. The van der Waals surface area contributed by atoms with Crippen molar-refractivity contribution in [3.8, 4) is 11.9 Å². The molecule has 6 heteroatoms. The first kappa shape index (κ1) is 13.7. The predicted octanol–water partition coefficient (Wildman–Crippen LogP) is 3.42. The highest BCUT2D eigenvalue weighted by molar-refractivity contribution is 6.21. The molecule has 1 rings (SSSR count). The van der Waals surface area contributed by atoms with Crippen molar-refractivity contribution in [2.24, 2.45) is 0 Å². The van der Waals surface area contributed by atoms with Crippen LogP contribution in [-0.2, 0) is 5.38 Å². The third kappa shape index (κ3) is 3.82. The molecule has 0 amide bonds. The van der Waals surface area contributed by atoms with Gasteiger partial charge in [0.05, 0.1) is 6.61 Å². The topological polar surface area (TPSA) is 45.9 Å². The van der Waals surface area contributed by atoms with Crippen molar-refractivity contribution in [3.63, 3.8) is 0 Å². The molecule has 17 heavy (non-hydrogen) atoms. The van der Waals surface area contributed by atoms with Gasteiger partial charge in [0.1, 0.15) is 17.3 Å². The lowest BCUT2D eigenvalue weighted by Gasteiger charge is -2.10. The van der Waals surface area contributed by atoms with Gasteiger partial charge in [-0.2, -0.15) is 14.0 Å². The molecular weight excluding hydrogens is 250 g/mol. The summed E-state index contributed by atoms with van der Waals surface area (Å²) in [5.41, 5.74) is -0.504. The Labute approximate surface area is 103 Å². The highest BCUT2D eigenvalue weighted by Gasteiger charge is 2.30. The zero-order valence-electron chi connectivity index (χ0n) is 9.21. The summed E-state index contributed by atoms with van der Waals surface area (Å²) >= 11 is 4.85. The number of alkyl halides is 3. The summed E-state index contributed by atoms with van der Waals surface area (Å²) in [6, 6.07) is 4.06. The fourth-order valence-electron chi connectivity index (χ4n) is 1.11. The van der Waals surface area contributed by atoms with Crippen LogP contribution >= 0.6 is 11.6 Å². The average Bonchev–Trinajstić information content (AvgIpc) is 2.28. The number of hydrogen-bond acceptors (Lipinski definition) is 3. The molecule has 1 aromatic rings. The number of ether oxygens (including phenoxy) is 1. The number of halogens is 3. The maximum Gasteiger partial charge on any atom is 0.364 e. The number of nitriles is 1. The number of pyridine rings is 1. The maximum absolute atomic E-state index is 12.8. The Kier molecular flexibility index (Phi) is 4.64. The summed E-state index contributed by atoms with van der Waals surface area (Å²) < 4.78 is 30.8. The van der Waals surface area contributed by atoms with Gasteiger partial charge in [-0.05, 0) is 30.2 Å². The van der Waals surface area contributed by atoms with E-state index in [0.29, 0.717) is 6.61 Å². The summed E-state index contributed by atoms with van der Waals surface area (Å²) in [6.45, 7) is 2.29. The second kappa shape index (κ2) is 5.78. The van der Waals surface area contributed by atoms with Gasteiger partial charge in [0.25, 0.3) is 0 Å². The fraction of sp³-hybridized carbons (Fsp3) is 0.455. The van der Waals surface area contributed by atoms with Gasteiger partial charge in [-0.15, -0.1) is 0 Å². The van der Waals surface area contributed by atoms with Crippen molar-refractivity contribution in [2.75, 3.05) is 6.61 Å². The van der Waals surface area contributed by atoms with Crippen LogP contribution in [0.25, 0.3) is 0 Å². The smallest absolute Gasteiger partial charge is 0.364 e. The van der Waals surface area contributed by atoms with Crippen molar-refractivity contribution in [3.05, 3.63) is 23.4 Å². The molecule has 0 unspecified atom stereocenters. The van der Waals surface area contributed by atoms with Crippen LogP contribution in [0.4, 0.5) is 8.78 Å². The van der Waals surface area contributed by atoms with Gasteiger partial charge in [-0.1, -0.05) is 13.3 Å². The minimum Gasteiger partial charge on any atom is -0.477 e. The minimum atomic E-state index is -3.56.